The number of carbonyl (C=O) groups excluding carboxylic acids is 1. The maximum atomic E-state index is 11.4. The number of carbonyl (C=O) groups is 1. The van der Waals surface area contributed by atoms with Crippen molar-refractivity contribution in [2.45, 2.75) is 27.2 Å². The van der Waals surface area contributed by atoms with Crippen molar-refractivity contribution in [3.8, 4) is 0 Å². The van der Waals surface area contributed by atoms with Crippen LogP contribution in [0, 0.1) is 5.92 Å². The van der Waals surface area contributed by atoms with E-state index in [-0.39, 0.29) is 5.78 Å². The van der Waals surface area contributed by atoms with Crippen LogP contribution >= 0.6 is 0 Å². The second-order valence-electron chi connectivity index (χ2n) is 4.51. The Morgan fingerprint density at radius 2 is 2.25 bits per heavy atom. The molecule has 0 fully saturated rings. The molecule has 3 heteroatoms. The molecule has 0 aliphatic heterocycles. The van der Waals surface area contributed by atoms with Gasteiger partial charge in [0, 0.05) is 18.2 Å². The van der Waals surface area contributed by atoms with E-state index in [0.717, 1.165) is 23.3 Å². The fourth-order valence-electron chi connectivity index (χ4n) is 1.89. The molecule has 0 aliphatic rings. The van der Waals surface area contributed by atoms with Gasteiger partial charge in [0.05, 0.1) is 11.7 Å². The lowest BCUT2D eigenvalue weighted by Gasteiger charge is -2.05. The molecule has 0 radical (unpaired) electrons. The van der Waals surface area contributed by atoms with Crippen LogP contribution in [0.4, 0.5) is 0 Å². The fourth-order valence-corrected chi connectivity index (χ4v) is 1.89. The predicted octanol–water partition coefficient (Wildman–Crippen LogP) is 2.74. The fraction of sp³-hybridized carbons (Fsp3) is 0.385. The number of aromatic nitrogens is 2. The predicted molar refractivity (Wildman–Crippen MR) is 63.7 cm³/mol. The Hall–Kier alpha value is -1.64. The van der Waals surface area contributed by atoms with E-state index in [4.69, 9.17) is 0 Å². The van der Waals surface area contributed by atoms with Gasteiger partial charge in [-0.2, -0.15) is 0 Å². The van der Waals surface area contributed by atoms with Crippen LogP contribution in [0.25, 0.3) is 5.52 Å². The van der Waals surface area contributed by atoms with Crippen molar-refractivity contribution in [3.63, 3.8) is 0 Å². The lowest BCUT2D eigenvalue weighted by molar-refractivity contribution is 0.101. The lowest BCUT2D eigenvalue weighted by atomic mass is 10.1. The lowest BCUT2D eigenvalue weighted by Crippen LogP contribution is -2.02. The molecule has 0 spiro atoms. The van der Waals surface area contributed by atoms with Gasteiger partial charge in [0.2, 0.25) is 0 Å². The average molecular weight is 216 g/mol. The Kier molecular flexibility index (Phi) is 2.77. The number of hydrogen-bond donors (Lipinski definition) is 0. The minimum absolute atomic E-state index is 0.0848. The van der Waals surface area contributed by atoms with Crippen LogP contribution in [0.3, 0.4) is 0 Å². The highest BCUT2D eigenvalue weighted by molar-refractivity contribution is 6.00. The van der Waals surface area contributed by atoms with Gasteiger partial charge in [-0.15, -0.1) is 0 Å². The third-order valence-corrected chi connectivity index (χ3v) is 2.62. The topological polar surface area (TPSA) is 34.4 Å². The Morgan fingerprint density at radius 1 is 1.50 bits per heavy atom. The second kappa shape index (κ2) is 4.08. The van der Waals surface area contributed by atoms with Crippen LogP contribution in [0.5, 0.6) is 0 Å². The zero-order chi connectivity index (χ0) is 11.7. The largest absolute Gasteiger partial charge is 0.303 e. The molecule has 2 aromatic heterocycles. The molecule has 2 heterocycles. The van der Waals surface area contributed by atoms with Gasteiger partial charge in [0.25, 0.3) is 0 Å². The zero-order valence-electron chi connectivity index (χ0n) is 9.90. The SMILES string of the molecule is CC(=O)c1cccn2c(CC(C)C)ncc12. The number of ketones is 1. The first kappa shape index (κ1) is 10.9. The number of pyridine rings is 1. The van der Waals surface area contributed by atoms with Gasteiger partial charge in [0.1, 0.15) is 5.82 Å². The molecule has 2 rings (SSSR count). The van der Waals surface area contributed by atoms with Crippen LogP contribution < -0.4 is 0 Å². The molecular weight excluding hydrogens is 200 g/mol. The molecule has 0 atom stereocenters. The van der Waals surface area contributed by atoms with Gasteiger partial charge in [-0.1, -0.05) is 13.8 Å². The highest BCUT2D eigenvalue weighted by Crippen LogP contribution is 2.15. The summed E-state index contributed by atoms with van der Waals surface area (Å²) in [7, 11) is 0. The van der Waals surface area contributed by atoms with Crippen molar-refractivity contribution >= 4 is 11.3 Å². The molecule has 84 valence electrons. The van der Waals surface area contributed by atoms with Gasteiger partial charge in [-0.05, 0) is 25.0 Å². The van der Waals surface area contributed by atoms with Crippen LogP contribution in [-0.4, -0.2) is 15.2 Å². The highest BCUT2D eigenvalue weighted by atomic mass is 16.1. The molecule has 3 nitrogen and oxygen atoms in total. The first-order valence-corrected chi connectivity index (χ1v) is 5.55. The Labute approximate surface area is 95.1 Å². The standard InChI is InChI=1S/C13H16N2O/c1-9(2)7-13-14-8-12-11(10(3)16)5-4-6-15(12)13/h4-6,8-9H,7H2,1-3H3. The van der Waals surface area contributed by atoms with Crippen molar-refractivity contribution < 1.29 is 4.79 Å². The molecule has 0 bridgehead atoms. The van der Waals surface area contributed by atoms with E-state index >= 15 is 0 Å². The van der Waals surface area contributed by atoms with Crippen molar-refractivity contribution in [3.05, 3.63) is 35.9 Å². The summed E-state index contributed by atoms with van der Waals surface area (Å²) in [6.45, 7) is 5.91. The second-order valence-corrected chi connectivity index (χ2v) is 4.51. The van der Waals surface area contributed by atoms with E-state index in [1.165, 1.54) is 0 Å². The smallest absolute Gasteiger partial charge is 0.161 e. The molecule has 0 aromatic carbocycles. The molecule has 0 saturated carbocycles. The molecule has 16 heavy (non-hydrogen) atoms. The van der Waals surface area contributed by atoms with Crippen molar-refractivity contribution in [2.75, 3.05) is 0 Å². The first-order chi connectivity index (χ1) is 7.59. The average Bonchev–Trinajstić information content (AvgIpc) is 2.60. The molecule has 0 amide bonds. The summed E-state index contributed by atoms with van der Waals surface area (Å²) >= 11 is 0. The van der Waals surface area contributed by atoms with Crippen LogP contribution in [0.15, 0.2) is 24.5 Å². The van der Waals surface area contributed by atoms with Gasteiger partial charge >= 0.3 is 0 Å². The minimum Gasteiger partial charge on any atom is -0.303 e. The zero-order valence-corrected chi connectivity index (χ0v) is 9.90. The Balaban J connectivity index is 2.57. The third kappa shape index (κ3) is 1.85. The summed E-state index contributed by atoms with van der Waals surface area (Å²) in [6.07, 6.45) is 4.68. The number of hydrogen-bond acceptors (Lipinski definition) is 2. The number of fused-ring (bicyclic) bond motifs is 1. The minimum atomic E-state index is 0.0848. The summed E-state index contributed by atoms with van der Waals surface area (Å²) in [5.41, 5.74) is 1.65. The monoisotopic (exact) mass is 216 g/mol. The first-order valence-electron chi connectivity index (χ1n) is 5.55. The van der Waals surface area contributed by atoms with Gasteiger partial charge in [0.15, 0.2) is 5.78 Å². The van der Waals surface area contributed by atoms with Gasteiger partial charge in [-0.3, -0.25) is 4.79 Å². The van der Waals surface area contributed by atoms with E-state index in [1.807, 2.05) is 22.7 Å². The van der Waals surface area contributed by atoms with Crippen LogP contribution in [0.1, 0.15) is 37.0 Å². The summed E-state index contributed by atoms with van der Waals surface area (Å²) in [6, 6.07) is 3.74. The maximum absolute atomic E-state index is 11.4. The molecular formula is C13H16N2O. The number of Topliss-reactive ketones (excluding diaryl/α,β-unsaturated/α-hetero) is 1. The Bertz CT molecular complexity index is 526. The number of rotatable bonds is 3. The van der Waals surface area contributed by atoms with Gasteiger partial charge < -0.3 is 4.40 Å². The van der Waals surface area contributed by atoms with Gasteiger partial charge in [-0.25, -0.2) is 4.98 Å². The summed E-state index contributed by atoms with van der Waals surface area (Å²) in [4.78, 5) is 15.8. The molecule has 0 saturated heterocycles. The quantitative estimate of drug-likeness (QED) is 0.739. The molecule has 0 unspecified atom stereocenters. The van der Waals surface area contributed by atoms with E-state index in [1.54, 1.807) is 13.1 Å². The highest BCUT2D eigenvalue weighted by Gasteiger charge is 2.10. The number of nitrogens with zero attached hydrogens (tertiary/aromatic N) is 2. The van der Waals surface area contributed by atoms with E-state index in [2.05, 4.69) is 18.8 Å². The molecule has 0 N–H and O–H groups in total. The Morgan fingerprint density at radius 3 is 2.88 bits per heavy atom. The number of imidazole rings is 1. The van der Waals surface area contributed by atoms with E-state index in [9.17, 15) is 4.79 Å². The van der Waals surface area contributed by atoms with Crippen molar-refractivity contribution in [2.24, 2.45) is 5.92 Å². The van der Waals surface area contributed by atoms with Crippen molar-refractivity contribution in [1.29, 1.82) is 0 Å². The van der Waals surface area contributed by atoms with E-state index < -0.39 is 0 Å². The van der Waals surface area contributed by atoms with E-state index in [0.29, 0.717) is 5.92 Å². The molecule has 0 aliphatic carbocycles. The van der Waals surface area contributed by atoms with Crippen LogP contribution in [-0.2, 0) is 6.42 Å². The molecule has 2 aromatic rings. The normalized spacial score (nSPS) is 11.2. The third-order valence-electron chi connectivity index (χ3n) is 2.62. The summed E-state index contributed by atoms with van der Waals surface area (Å²) < 4.78 is 2.01. The van der Waals surface area contributed by atoms with Crippen LogP contribution in [0.2, 0.25) is 0 Å². The summed E-state index contributed by atoms with van der Waals surface area (Å²) in [5, 5.41) is 0. The van der Waals surface area contributed by atoms with Crippen molar-refractivity contribution in [1.82, 2.24) is 9.38 Å². The maximum Gasteiger partial charge on any atom is 0.161 e. The summed E-state index contributed by atoms with van der Waals surface area (Å²) in [5.74, 6) is 1.67.